The quantitative estimate of drug-likeness (QED) is 0.808. The van der Waals surface area contributed by atoms with Crippen LogP contribution < -0.4 is 5.32 Å². The Morgan fingerprint density at radius 1 is 1.10 bits per heavy atom. The molecule has 1 aliphatic heterocycles. The van der Waals surface area contributed by atoms with Gasteiger partial charge in [-0.2, -0.15) is 0 Å². The summed E-state index contributed by atoms with van der Waals surface area (Å²) < 4.78 is 0. The molecular weight excluding hydrogens is 248 g/mol. The van der Waals surface area contributed by atoms with Gasteiger partial charge >= 0.3 is 0 Å². The minimum atomic E-state index is 0.104. The number of amides is 1. The summed E-state index contributed by atoms with van der Waals surface area (Å²) in [5.74, 6) is 2.00. The summed E-state index contributed by atoms with van der Waals surface area (Å²) in [6, 6.07) is 0.104. The monoisotopic (exact) mass is 278 g/mol. The highest BCUT2D eigenvalue weighted by molar-refractivity contribution is 5.84. The second kappa shape index (κ2) is 6.46. The fourth-order valence-electron chi connectivity index (χ4n) is 4.22. The zero-order chi connectivity index (χ0) is 13.9. The van der Waals surface area contributed by atoms with Crippen molar-refractivity contribution in [3.8, 4) is 0 Å². The Morgan fingerprint density at radius 2 is 1.85 bits per heavy atom. The topological polar surface area (TPSA) is 32.3 Å². The predicted molar refractivity (Wildman–Crippen MR) is 81.2 cm³/mol. The molecule has 3 aliphatic rings. The van der Waals surface area contributed by atoms with Crippen molar-refractivity contribution >= 4 is 5.91 Å². The van der Waals surface area contributed by atoms with Crippen LogP contribution in [0.3, 0.4) is 0 Å². The molecule has 3 fully saturated rings. The van der Waals surface area contributed by atoms with Gasteiger partial charge in [-0.25, -0.2) is 0 Å². The number of nitrogens with one attached hydrogen (secondary N) is 1. The summed E-state index contributed by atoms with van der Waals surface area (Å²) in [6.07, 6.45) is 13.2. The lowest BCUT2D eigenvalue weighted by Crippen LogP contribution is -2.43. The molecule has 0 bridgehead atoms. The van der Waals surface area contributed by atoms with Crippen molar-refractivity contribution in [2.75, 3.05) is 6.54 Å². The van der Waals surface area contributed by atoms with Crippen molar-refractivity contribution in [3.05, 3.63) is 0 Å². The lowest BCUT2D eigenvalue weighted by atomic mass is 9.83. The summed E-state index contributed by atoms with van der Waals surface area (Å²) >= 11 is 0. The third-order valence-electron chi connectivity index (χ3n) is 5.72. The molecule has 1 N–H and O–H groups in total. The van der Waals surface area contributed by atoms with Crippen molar-refractivity contribution < 1.29 is 4.79 Å². The molecule has 0 spiro atoms. The maximum Gasteiger partial charge on any atom is 0.241 e. The Kier molecular flexibility index (Phi) is 4.65. The van der Waals surface area contributed by atoms with E-state index in [1.807, 2.05) is 0 Å². The highest BCUT2D eigenvalue weighted by Gasteiger charge is 2.42. The smallest absolute Gasteiger partial charge is 0.241 e. The summed E-state index contributed by atoms with van der Waals surface area (Å²) in [4.78, 5) is 14.9. The SMILES string of the molecule is CCCC1NC(C2CCCC2)N(CCC2CCC2)C1=O. The highest BCUT2D eigenvalue weighted by atomic mass is 16.2. The van der Waals surface area contributed by atoms with Gasteiger partial charge < -0.3 is 4.90 Å². The van der Waals surface area contributed by atoms with Crippen molar-refractivity contribution in [3.63, 3.8) is 0 Å². The van der Waals surface area contributed by atoms with Crippen molar-refractivity contribution in [1.29, 1.82) is 0 Å². The molecule has 2 aliphatic carbocycles. The molecule has 3 rings (SSSR count). The largest absolute Gasteiger partial charge is 0.326 e. The Balaban J connectivity index is 1.62. The fraction of sp³-hybridized carbons (Fsp3) is 0.941. The van der Waals surface area contributed by atoms with Crippen molar-refractivity contribution in [2.24, 2.45) is 11.8 Å². The molecule has 114 valence electrons. The van der Waals surface area contributed by atoms with Gasteiger partial charge in [-0.05, 0) is 37.5 Å². The van der Waals surface area contributed by atoms with Crippen LogP contribution in [0.4, 0.5) is 0 Å². The molecule has 2 saturated carbocycles. The van der Waals surface area contributed by atoms with E-state index in [0.717, 1.165) is 25.3 Å². The highest BCUT2D eigenvalue weighted by Crippen LogP contribution is 2.34. The number of rotatable bonds is 6. The van der Waals surface area contributed by atoms with Crippen LogP contribution in [0.5, 0.6) is 0 Å². The molecular formula is C17H30N2O. The maximum absolute atomic E-state index is 12.6. The van der Waals surface area contributed by atoms with Crippen LogP contribution in [-0.4, -0.2) is 29.6 Å². The molecule has 1 heterocycles. The molecule has 3 heteroatoms. The molecule has 1 amide bonds. The summed E-state index contributed by atoms with van der Waals surface area (Å²) in [5, 5.41) is 3.67. The number of carbonyl (C=O) groups excluding carboxylic acids is 1. The van der Waals surface area contributed by atoms with Gasteiger partial charge in [0, 0.05) is 6.54 Å². The zero-order valence-corrected chi connectivity index (χ0v) is 12.9. The van der Waals surface area contributed by atoms with Crippen molar-refractivity contribution in [2.45, 2.75) is 83.3 Å². The van der Waals surface area contributed by atoms with Gasteiger partial charge in [-0.1, -0.05) is 45.4 Å². The molecule has 3 nitrogen and oxygen atoms in total. The first-order valence-corrected chi connectivity index (χ1v) is 8.86. The normalized spacial score (nSPS) is 32.0. The molecule has 2 atom stereocenters. The summed E-state index contributed by atoms with van der Waals surface area (Å²) in [7, 11) is 0. The first-order chi connectivity index (χ1) is 9.79. The number of hydrogen-bond donors (Lipinski definition) is 1. The first-order valence-electron chi connectivity index (χ1n) is 8.86. The Bertz CT molecular complexity index is 334. The second-order valence-corrected chi connectivity index (χ2v) is 7.11. The fourth-order valence-corrected chi connectivity index (χ4v) is 4.22. The lowest BCUT2D eigenvalue weighted by Gasteiger charge is -2.32. The van der Waals surface area contributed by atoms with Crippen LogP contribution in [0, 0.1) is 11.8 Å². The molecule has 0 aromatic heterocycles. The lowest BCUT2D eigenvalue weighted by molar-refractivity contribution is -0.131. The van der Waals surface area contributed by atoms with E-state index in [9.17, 15) is 4.79 Å². The standard InChI is InChI=1S/C17H30N2O/c1-2-6-15-17(20)19(12-11-13-7-5-8-13)16(18-15)14-9-3-4-10-14/h13-16,18H,2-12H2,1H3. The number of hydrogen-bond acceptors (Lipinski definition) is 2. The zero-order valence-electron chi connectivity index (χ0n) is 12.9. The molecule has 20 heavy (non-hydrogen) atoms. The minimum absolute atomic E-state index is 0.104. The summed E-state index contributed by atoms with van der Waals surface area (Å²) in [6.45, 7) is 3.18. The average molecular weight is 278 g/mol. The van der Waals surface area contributed by atoms with E-state index in [1.54, 1.807) is 0 Å². The minimum Gasteiger partial charge on any atom is -0.326 e. The molecule has 1 saturated heterocycles. The molecule has 0 aromatic rings. The van der Waals surface area contributed by atoms with Crippen LogP contribution in [0.2, 0.25) is 0 Å². The van der Waals surface area contributed by atoms with Gasteiger partial charge in [-0.15, -0.1) is 0 Å². The second-order valence-electron chi connectivity index (χ2n) is 7.11. The average Bonchev–Trinajstić information content (AvgIpc) is 2.99. The van der Waals surface area contributed by atoms with Gasteiger partial charge in [0.05, 0.1) is 12.2 Å². The first kappa shape index (κ1) is 14.4. The predicted octanol–water partition coefficient (Wildman–Crippen LogP) is 3.29. The maximum atomic E-state index is 12.6. The molecule has 0 aromatic carbocycles. The van der Waals surface area contributed by atoms with E-state index < -0.39 is 0 Å². The Hall–Kier alpha value is -0.570. The van der Waals surface area contributed by atoms with Crippen LogP contribution in [-0.2, 0) is 4.79 Å². The van der Waals surface area contributed by atoms with E-state index in [-0.39, 0.29) is 6.04 Å². The third kappa shape index (κ3) is 2.88. The van der Waals surface area contributed by atoms with Crippen LogP contribution in [0.25, 0.3) is 0 Å². The van der Waals surface area contributed by atoms with E-state index >= 15 is 0 Å². The number of carbonyl (C=O) groups is 1. The van der Waals surface area contributed by atoms with Gasteiger partial charge in [0.25, 0.3) is 0 Å². The molecule has 2 unspecified atom stereocenters. The van der Waals surface area contributed by atoms with Crippen LogP contribution in [0.15, 0.2) is 0 Å². The van der Waals surface area contributed by atoms with E-state index in [0.29, 0.717) is 18.0 Å². The van der Waals surface area contributed by atoms with Crippen molar-refractivity contribution in [1.82, 2.24) is 10.2 Å². The molecule has 0 radical (unpaired) electrons. The van der Waals surface area contributed by atoms with E-state index in [2.05, 4.69) is 17.1 Å². The van der Waals surface area contributed by atoms with Gasteiger partial charge in [0.1, 0.15) is 0 Å². The van der Waals surface area contributed by atoms with E-state index in [1.165, 1.54) is 51.4 Å². The number of nitrogens with zero attached hydrogens (tertiary/aromatic N) is 1. The Labute approximate surface area is 123 Å². The van der Waals surface area contributed by atoms with Crippen LogP contribution in [0.1, 0.15) is 71.1 Å². The Morgan fingerprint density at radius 3 is 2.45 bits per heavy atom. The van der Waals surface area contributed by atoms with Gasteiger partial charge in [0.2, 0.25) is 5.91 Å². The van der Waals surface area contributed by atoms with Gasteiger partial charge in [0.15, 0.2) is 0 Å². The van der Waals surface area contributed by atoms with Gasteiger partial charge in [-0.3, -0.25) is 10.1 Å². The van der Waals surface area contributed by atoms with Crippen LogP contribution >= 0.6 is 0 Å². The third-order valence-corrected chi connectivity index (χ3v) is 5.72. The summed E-state index contributed by atoms with van der Waals surface area (Å²) in [5.41, 5.74) is 0. The van der Waals surface area contributed by atoms with E-state index in [4.69, 9.17) is 0 Å².